The average molecular weight is 370 g/mol. The zero-order valence-electron chi connectivity index (χ0n) is 13.9. The van der Waals surface area contributed by atoms with Crippen LogP contribution in [0.25, 0.3) is 6.08 Å². The second-order valence-electron chi connectivity index (χ2n) is 5.55. The van der Waals surface area contributed by atoms with Gasteiger partial charge >= 0.3 is 0 Å². The highest BCUT2D eigenvalue weighted by atomic mass is 35.5. The largest absolute Gasteiger partial charge is 0.489 e. The SMILES string of the molecule is N#CCOc1ccc(C(=O)/C=C/c2cc(Cl)c3c(c2)OCCCO3)cc1. The Bertz CT molecular complexity index is 869. The van der Waals surface area contributed by atoms with Crippen molar-refractivity contribution in [3.05, 3.63) is 58.6 Å². The fraction of sp³-hybridized carbons (Fsp3) is 0.200. The molecule has 0 atom stereocenters. The lowest BCUT2D eigenvalue weighted by molar-refractivity contribution is 0.104. The smallest absolute Gasteiger partial charge is 0.185 e. The third-order valence-electron chi connectivity index (χ3n) is 3.69. The van der Waals surface area contributed by atoms with E-state index >= 15 is 0 Å². The summed E-state index contributed by atoms with van der Waals surface area (Å²) < 4.78 is 16.4. The summed E-state index contributed by atoms with van der Waals surface area (Å²) >= 11 is 6.25. The summed E-state index contributed by atoms with van der Waals surface area (Å²) in [6, 6.07) is 12.0. The van der Waals surface area contributed by atoms with Crippen LogP contribution in [0.4, 0.5) is 0 Å². The van der Waals surface area contributed by atoms with Gasteiger partial charge in [0.15, 0.2) is 23.9 Å². The zero-order chi connectivity index (χ0) is 18.4. The highest BCUT2D eigenvalue weighted by Crippen LogP contribution is 2.38. The molecule has 0 aromatic heterocycles. The molecule has 2 aromatic rings. The van der Waals surface area contributed by atoms with E-state index in [2.05, 4.69) is 0 Å². The Hall–Kier alpha value is -2.97. The Morgan fingerprint density at radius 2 is 2.00 bits per heavy atom. The van der Waals surface area contributed by atoms with Gasteiger partial charge in [0.25, 0.3) is 0 Å². The van der Waals surface area contributed by atoms with Crippen molar-refractivity contribution >= 4 is 23.5 Å². The maximum Gasteiger partial charge on any atom is 0.185 e. The number of carbonyl (C=O) groups is 1. The topological polar surface area (TPSA) is 68.5 Å². The molecule has 1 aliphatic heterocycles. The zero-order valence-corrected chi connectivity index (χ0v) is 14.7. The molecule has 3 rings (SSSR count). The van der Waals surface area contributed by atoms with E-state index in [-0.39, 0.29) is 12.4 Å². The number of nitriles is 1. The van der Waals surface area contributed by atoms with Crippen LogP contribution in [-0.2, 0) is 0 Å². The van der Waals surface area contributed by atoms with Crippen LogP contribution in [-0.4, -0.2) is 25.6 Å². The molecule has 0 aliphatic carbocycles. The summed E-state index contributed by atoms with van der Waals surface area (Å²) in [5.41, 5.74) is 1.27. The van der Waals surface area contributed by atoms with Crippen LogP contribution in [0.3, 0.4) is 0 Å². The number of ketones is 1. The van der Waals surface area contributed by atoms with Crippen molar-refractivity contribution in [2.24, 2.45) is 0 Å². The predicted molar refractivity (Wildman–Crippen MR) is 98.0 cm³/mol. The minimum atomic E-state index is -0.153. The molecule has 0 saturated heterocycles. The maximum atomic E-state index is 12.3. The second kappa shape index (κ2) is 8.41. The van der Waals surface area contributed by atoms with Gasteiger partial charge in [-0.1, -0.05) is 17.7 Å². The van der Waals surface area contributed by atoms with E-state index in [1.165, 1.54) is 6.08 Å². The lowest BCUT2D eigenvalue weighted by Crippen LogP contribution is -1.97. The molecule has 1 heterocycles. The van der Waals surface area contributed by atoms with Gasteiger partial charge in [-0.15, -0.1) is 0 Å². The summed E-state index contributed by atoms with van der Waals surface area (Å²) in [4.78, 5) is 12.3. The molecule has 6 heteroatoms. The molecular weight excluding hydrogens is 354 g/mol. The van der Waals surface area contributed by atoms with Gasteiger partial charge in [0.1, 0.15) is 11.8 Å². The lowest BCUT2D eigenvalue weighted by atomic mass is 10.1. The number of ether oxygens (including phenoxy) is 3. The molecule has 5 nitrogen and oxygen atoms in total. The number of halogens is 1. The second-order valence-corrected chi connectivity index (χ2v) is 5.96. The van der Waals surface area contributed by atoms with Gasteiger partial charge in [0.05, 0.1) is 18.2 Å². The standard InChI is InChI=1S/C20H16ClNO4/c21-17-12-14(13-19-20(17)26-10-1-9-25-19)2-7-18(23)15-3-5-16(6-4-15)24-11-8-22/h2-7,12-13H,1,9-11H2/b7-2+. The van der Waals surface area contributed by atoms with Crippen LogP contribution < -0.4 is 14.2 Å². The first kappa shape index (κ1) is 17.8. The van der Waals surface area contributed by atoms with Crippen LogP contribution in [0.2, 0.25) is 5.02 Å². The lowest BCUT2D eigenvalue weighted by Gasteiger charge is -2.09. The normalized spacial score (nSPS) is 13.1. The number of nitrogens with zero attached hydrogens (tertiary/aromatic N) is 1. The van der Waals surface area contributed by atoms with Crippen LogP contribution in [0.1, 0.15) is 22.3 Å². The summed E-state index contributed by atoms with van der Waals surface area (Å²) in [6.07, 6.45) is 3.95. The van der Waals surface area contributed by atoms with Gasteiger partial charge in [-0.3, -0.25) is 4.79 Å². The van der Waals surface area contributed by atoms with Crippen molar-refractivity contribution < 1.29 is 19.0 Å². The molecule has 0 saturated carbocycles. The number of fused-ring (bicyclic) bond motifs is 1. The van der Waals surface area contributed by atoms with Crippen molar-refractivity contribution in [3.63, 3.8) is 0 Å². The molecule has 0 N–H and O–H groups in total. The number of allylic oxidation sites excluding steroid dienone is 1. The monoisotopic (exact) mass is 369 g/mol. The first-order valence-electron chi connectivity index (χ1n) is 8.09. The molecule has 0 unspecified atom stereocenters. The fourth-order valence-electron chi connectivity index (χ4n) is 2.45. The van der Waals surface area contributed by atoms with Gasteiger partial charge in [0.2, 0.25) is 0 Å². The number of hydrogen-bond acceptors (Lipinski definition) is 5. The van der Waals surface area contributed by atoms with E-state index in [0.29, 0.717) is 41.0 Å². The van der Waals surface area contributed by atoms with Crippen molar-refractivity contribution in [1.82, 2.24) is 0 Å². The third-order valence-corrected chi connectivity index (χ3v) is 3.97. The van der Waals surface area contributed by atoms with Gasteiger partial charge in [-0.25, -0.2) is 0 Å². The highest BCUT2D eigenvalue weighted by molar-refractivity contribution is 6.32. The number of hydrogen-bond donors (Lipinski definition) is 0. The number of rotatable bonds is 5. The Kier molecular flexibility index (Phi) is 5.77. The summed E-state index contributed by atoms with van der Waals surface area (Å²) in [5, 5.41) is 8.95. The predicted octanol–water partition coefficient (Wildman–Crippen LogP) is 4.30. The van der Waals surface area contributed by atoms with E-state index in [1.807, 2.05) is 6.07 Å². The molecule has 26 heavy (non-hydrogen) atoms. The van der Waals surface area contributed by atoms with Crippen LogP contribution in [0, 0.1) is 11.3 Å². The first-order chi connectivity index (χ1) is 12.7. The molecule has 0 spiro atoms. The van der Waals surface area contributed by atoms with Gasteiger partial charge in [-0.2, -0.15) is 5.26 Å². The third kappa shape index (κ3) is 4.35. The Morgan fingerprint density at radius 1 is 1.23 bits per heavy atom. The quantitative estimate of drug-likeness (QED) is 0.580. The molecule has 1 aliphatic rings. The molecule has 0 amide bonds. The molecule has 132 valence electrons. The maximum absolute atomic E-state index is 12.3. The molecule has 0 fully saturated rings. The summed E-state index contributed by atoms with van der Waals surface area (Å²) in [7, 11) is 0. The summed E-state index contributed by atoms with van der Waals surface area (Å²) in [6.45, 7) is 1.10. The number of benzene rings is 2. The van der Waals surface area contributed by atoms with Crippen molar-refractivity contribution in [2.75, 3.05) is 19.8 Å². The molecule has 2 aromatic carbocycles. The summed E-state index contributed by atoms with van der Waals surface area (Å²) in [5.74, 6) is 1.52. The van der Waals surface area contributed by atoms with Crippen LogP contribution >= 0.6 is 11.6 Å². The van der Waals surface area contributed by atoms with Crippen LogP contribution in [0.5, 0.6) is 17.2 Å². The van der Waals surface area contributed by atoms with E-state index in [9.17, 15) is 4.79 Å². The number of carbonyl (C=O) groups excluding carboxylic acids is 1. The fourth-order valence-corrected chi connectivity index (χ4v) is 2.72. The molecule has 0 bridgehead atoms. The first-order valence-corrected chi connectivity index (χ1v) is 8.46. The average Bonchev–Trinajstić information content (AvgIpc) is 2.91. The Labute approximate surface area is 156 Å². The minimum absolute atomic E-state index is 0.0297. The molecule has 0 radical (unpaired) electrons. The Balaban J connectivity index is 1.73. The van der Waals surface area contributed by atoms with Gasteiger partial charge < -0.3 is 14.2 Å². The highest BCUT2D eigenvalue weighted by Gasteiger charge is 2.15. The van der Waals surface area contributed by atoms with E-state index in [4.69, 9.17) is 31.1 Å². The van der Waals surface area contributed by atoms with Crippen molar-refractivity contribution in [1.29, 1.82) is 5.26 Å². The van der Waals surface area contributed by atoms with Gasteiger partial charge in [0, 0.05) is 12.0 Å². The van der Waals surface area contributed by atoms with E-state index in [0.717, 1.165) is 12.0 Å². The van der Waals surface area contributed by atoms with E-state index < -0.39 is 0 Å². The van der Waals surface area contributed by atoms with Crippen LogP contribution in [0.15, 0.2) is 42.5 Å². The van der Waals surface area contributed by atoms with Gasteiger partial charge in [-0.05, 0) is 48.0 Å². The van der Waals surface area contributed by atoms with E-state index in [1.54, 1.807) is 42.5 Å². The van der Waals surface area contributed by atoms with Crippen molar-refractivity contribution in [3.8, 4) is 23.3 Å². The minimum Gasteiger partial charge on any atom is -0.489 e. The Morgan fingerprint density at radius 3 is 2.77 bits per heavy atom. The molecular formula is C20H16ClNO4. The van der Waals surface area contributed by atoms with Crippen molar-refractivity contribution in [2.45, 2.75) is 6.42 Å².